The van der Waals surface area contributed by atoms with E-state index in [1.54, 1.807) is 18.4 Å². The molecule has 0 saturated carbocycles. The van der Waals surface area contributed by atoms with Crippen LogP contribution >= 0.6 is 11.3 Å². The Morgan fingerprint density at radius 2 is 2.06 bits per heavy atom. The Morgan fingerprint density at radius 1 is 1.23 bits per heavy atom. The van der Waals surface area contributed by atoms with Crippen LogP contribution in [0.15, 0.2) is 41.8 Å². The van der Waals surface area contributed by atoms with E-state index in [1.807, 2.05) is 4.90 Å². The van der Waals surface area contributed by atoms with Gasteiger partial charge in [-0.2, -0.15) is 0 Å². The molecule has 2 saturated heterocycles. The maximum atomic E-state index is 13.0. The van der Waals surface area contributed by atoms with Crippen molar-refractivity contribution in [2.45, 2.75) is 51.0 Å². The molecule has 1 aromatic carbocycles. The van der Waals surface area contributed by atoms with Crippen LogP contribution in [0.25, 0.3) is 10.4 Å². The van der Waals surface area contributed by atoms with Gasteiger partial charge in [-0.05, 0) is 61.1 Å². The lowest BCUT2D eigenvalue weighted by Crippen LogP contribution is -2.54. The number of carbonyl (C=O) groups excluding carboxylic acids is 2. The number of rotatable bonds is 7. The van der Waals surface area contributed by atoms with E-state index in [-0.39, 0.29) is 17.9 Å². The molecule has 0 aliphatic carbocycles. The molecular weight excluding hydrogens is 408 g/mol. The molecule has 31 heavy (non-hydrogen) atoms. The fourth-order valence-electron chi connectivity index (χ4n) is 4.95. The Balaban J connectivity index is 1.45. The van der Waals surface area contributed by atoms with Crippen LogP contribution < -0.4 is 5.32 Å². The van der Waals surface area contributed by atoms with Crippen LogP contribution in [0.2, 0.25) is 0 Å². The largest absolute Gasteiger partial charge is 0.378 e. The van der Waals surface area contributed by atoms with Gasteiger partial charge in [-0.1, -0.05) is 30.3 Å². The summed E-state index contributed by atoms with van der Waals surface area (Å²) >= 11 is 1.73. The Hall–Kier alpha value is -2.18. The topological polar surface area (TPSA) is 58.6 Å². The summed E-state index contributed by atoms with van der Waals surface area (Å²) in [5, 5.41) is 4.95. The van der Waals surface area contributed by atoms with Crippen molar-refractivity contribution in [1.29, 1.82) is 0 Å². The zero-order chi connectivity index (χ0) is 21.7. The van der Waals surface area contributed by atoms with E-state index in [2.05, 4.69) is 47.1 Å². The van der Waals surface area contributed by atoms with Crippen LogP contribution in [0.5, 0.6) is 0 Å². The maximum absolute atomic E-state index is 13.0. The molecule has 166 valence electrons. The third kappa shape index (κ3) is 5.18. The van der Waals surface area contributed by atoms with Crippen molar-refractivity contribution in [1.82, 2.24) is 10.2 Å². The lowest BCUT2D eigenvalue weighted by atomic mass is 9.74. The van der Waals surface area contributed by atoms with Gasteiger partial charge >= 0.3 is 0 Å². The highest BCUT2D eigenvalue weighted by atomic mass is 32.1. The zero-order valence-corrected chi connectivity index (χ0v) is 19.1. The number of likely N-dealkylation sites (tertiary alicyclic amines) is 1. The van der Waals surface area contributed by atoms with Crippen molar-refractivity contribution in [3.8, 4) is 10.4 Å². The summed E-state index contributed by atoms with van der Waals surface area (Å²) in [6.07, 6.45) is 5.95. The monoisotopic (exact) mass is 440 g/mol. The van der Waals surface area contributed by atoms with Crippen molar-refractivity contribution >= 4 is 23.2 Å². The van der Waals surface area contributed by atoms with Gasteiger partial charge in [0.05, 0.1) is 11.5 Å². The number of ether oxygens (including phenoxy) is 1. The molecule has 2 atom stereocenters. The predicted octanol–water partition coefficient (Wildman–Crippen LogP) is 4.27. The normalized spacial score (nSPS) is 23.6. The predicted molar refractivity (Wildman–Crippen MR) is 124 cm³/mol. The van der Waals surface area contributed by atoms with Crippen LogP contribution in [0, 0.1) is 5.41 Å². The fourth-order valence-corrected chi connectivity index (χ4v) is 5.69. The molecule has 0 unspecified atom stereocenters. The van der Waals surface area contributed by atoms with Gasteiger partial charge in [-0.3, -0.25) is 9.59 Å². The Bertz CT molecular complexity index is 875. The summed E-state index contributed by atoms with van der Waals surface area (Å²) in [4.78, 5) is 29.1. The molecule has 2 aliphatic rings. The Kier molecular flexibility index (Phi) is 7.08. The number of thiophene rings is 1. The third-order valence-electron chi connectivity index (χ3n) is 6.64. The molecule has 0 radical (unpaired) electrons. The summed E-state index contributed by atoms with van der Waals surface area (Å²) in [5.41, 5.74) is 1.76. The molecule has 4 rings (SSSR count). The number of nitrogens with one attached hydrogen (secondary N) is 1. The number of nitrogens with zero attached hydrogens (tertiary/aromatic N) is 1. The molecule has 6 heteroatoms. The second-order valence-corrected chi connectivity index (χ2v) is 9.75. The van der Waals surface area contributed by atoms with E-state index < -0.39 is 5.41 Å². The number of benzene rings is 1. The minimum atomic E-state index is -0.572. The van der Waals surface area contributed by atoms with E-state index in [4.69, 9.17) is 4.74 Å². The molecule has 2 amide bonds. The number of hydrogen-bond acceptors (Lipinski definition) is 4. The summed E-state index contributed by atoms with van der Waals surface area (Å²) in [7, 11) is 1.70. The maximum Gasteiger partial charge on any atom is 0.228 e. The van der Waals surface area contributed by atoms with E-state index in [0.717, 1.165) is 50.8 Å². The minimum absolute atomic E-state index is 0.0338. The van der Waals surface area contributed by atoms with E-state index in [0.29, 0.717) is 19.4 Å². The zero-order valence-electron chi connectivity index (χ0n) is 18.3. The van der Waals surface area contributed by atoms with Gasteiger partial charge in [0, 0.05) is 38.0 Å². The van der Waals surface area contributed by atoms with Crippen LogP contribution in [-0.4, -0.2) is 49.6 Å². The number of piperidine rings is 1. The molecule has 1 N–H and O–H groups in total. The van der Waals surface area contributed by atoms with Gasteiger partial charge in [0.25, 0.3) is 0 Å². The molecule has 2 aliphatic heterocycles. The highest BCUT2D eigenvalue weighted by Gasteiger charge is 2.43. The third-order valence-corrected chi connectivity index (χ3v) is 7.56. The van der Waals surface area contributed by atoms with E-state index in [1.165, 1.54) is 10.4 Å². The van der Waals surface area contributed by atoms with E-state index in [9.17, 15) is 9.59 Å². The number of carbonyl (C=O) groups is 2. The first-order valence-electron chi connectivity index (χ1n) is 11.3. The molecule has 1 aromatic heterocycles. The van der Waals surface area contributed by atoms with Gasteiger partial charge in [-0.25, -0.2) is 0 Å². The molecule has 2 fully saturated rings. The molecule has 0 spiro atoms. The van der Waals surface area contributed by atoms with Crippen LogP contribution in [0.4, 0.5) is 0 Å². The van der Waals surface area contributed by atoms with Crippen molar-refractivity contribution in [3.05, 3.63) is 47.3 Å². The van der Waals surface area contributed by atoms with Gasteiger partial charge in [0.15, 0.2) is 0 Å². The summed E-state index contributed by atoms with van der Waals surface area (Å²) in [5.74, 6) is 0.183. The standard InChI is InChI=1S/C25H32N2O3S/c1-26-24(29)25(17-19-7-9-20(10-8-19)22-6-3-16-31-22)13-4-14-27(18-25)23(28)12-11-21-5-2-15-30-21/h3,6-10,16,21H,2,4-5,11-15,17-18H2,1H3,(H,26,29)/t21-,25-/m0/s1. The SMILES string of the molecule is CNC(=O)[C@]1(Cc2ccc(-c3cccs3)cc2)CCCN(C(=O)CC[C@@H]2CCCO2)C1. The Morgan fingerprint density at radius 3 is 2.74 bits per heavy atom. The second-order valence-electron chi connectivity index (χ2n) is 8.80. The lowest BCUT2D eigenvalue weighted by Gasteiger charge is -2.42. The van der Waals surface area contributed by atoms with E-state index >= 15 is 0 Å². The van der Waals surface area contributed by atoms with Crippen molar-refractivity contribution < 1.29 is 14.3 Å². The molecule has 2 aromatic rings. The van der Waals surface area contributed by atoms with Crippen LogP contribution in [-0.2, 0) is 20.7 Å². The number of hydrogen-bond donors (Lipinski definition) is 1. The lowest BCUT2D eigenvalue weighted by molar-refractivity contribution is -0.141. The van der Waals surface area contributed by atoms with Crippen molar-refractivity contribution in [2.24, 2.45) is 5.41 Å². The summed E-state index contributed by atoms with van der Waals surface area (Å²) in [6.45, 7) is 2.04. The molecule has 0 bridgehead atoms. The molecule has 5 nitrogen and oxygen atoms in total. The smallest absolute Gasteiger partial charge is 0.228 e. The van der Waals surface area contributed by atoms with Gasteiger partial charge in [0.1, 0.15) is 0 Å². The first-order valence-corrected chi connectivity index (χ1v) is 12.2. The molecule has 3 heterocycles. The average molecular weight is 441 g/mol. The van der Waals surface area contributed by atoms with Crippen molar-refractivity contribution in [2.75, 3.05) is 26.7 Å². The highest BCUT2D eigenvalue weighted by Crippen LogP contribution is 2.35. The first-order chi connectivity index (χ1) is 15.1. The number of amides is 2. The summed E-state index contributed by atoms with van der Waals surface area (Å²) < 4.78 is 5.67. The van der Waals surface area contributed by atoms with Crippen LogP contribution in [0.1, 0.15) is 44.1 Å². The van der Waals surface area contributed by atoms with Crippen LogP contribution in [0.3, 0.4) is 0 Å². The molecular formula is C25H32N2O3S. The quantitative estimate of drug-likeness (QED) is 0.699. The second kappa shape index (κ2) is 9.96. The Labute approximate surface area is 188 Å². The summed E-state index contributed by atoms with van der Waals surface area (Å²) in [6, 6.07) is 12.7. The van der Waals surface area contributed by atoms with Crippen molar-refractivity contribution in [3.63, 3.8) is 0 Å². The highest BCUT2D eigenvalue weighted by molar-refractivity contribution is 7.13. The van der Waals surface area contributed by atoms with Gasteiger partial charge in [0.2, 0.25) is 11.8 Å². The average Bonchev–Trinajstić information content (AvgIpc) is 3.52. The minimum Gasteiger partial charge on any atom is -0.378 e. The first kappa shape index (κ1) is 22.0. The van der Waals surface area contributed by atoms with Gasteiger partial charge in [-0.15, -0.1) is 11.3 Å². The fraction of sp³-hybridized carbons (Fsp3) is 0.520. The van der Waals surface area contributed by atoms with Gasteiger partial charge < -0.3 is 15.0 Å².